The van der Waals surface area contributed by atoms with Gasteiger partial charge in [-0.3, -0.25) is 4.79 Å². The van der Waals surface area contributed by atoms with Gasteiger partial charge in [0.2, 0.25) is 10.0 Å². The second-order valence-corrected chi connectivity index (χ2v) is 9.66. The van der Waals surface area contributed by atoms with Gasteiger partial charge in [-0.2, -0.15) is 4.31 Å². The van der Waals surface area contributed by atoms with Crippen LogP contribution in [0.5, 0.6) is 0 Å². The van der Waals surface area contributed by atoms with E-state index < -0.39 is 10.0 Å². The summed E-state index contributed by atoms with van der Waals surface area (Å²) in [7, 11) is -3.59. The molecule has 1 aromatic heterocycles. The van der Waals surface area contributed by atoms with Crippen LogP contribution in [0.2, 0.25) is 0 Å². The zero-order valence-electron chi connectivity index (χ0n) is 15.4. The maximum atomic E-state index is 12.8. The molecule has 1 aromatic carbocycles. The Morgan fingerprint density at radius 1 is 1.19 bits per heavy atom. The molecule has 0 aliphatic carbocycles. The highest BCUT2D eigenvalue weighted by atomic mass is 32.2. The molecule has 2 heterocycles. The molecule has 2 aromatic rings. The summed E-state index contributed by atoms with van der Waals surface area (Å²) in [5.74, 6) is -0.205. The molecular formula is C19H24N2O4S2. The second-order valence-electron chi connectivity index (χ2n) is 6.69. The lowest BCUT2D eigenvalue weighted by atomic mass is 10.2. The summed E-state index contributed by atoms with van der Waals surface area (Å²) in [6.45, 7) is 4.93. The van der Waals surface area contributed by atoms with E-state index in [1.54, 1.807) is 23.5 Å². The molecule has 2 atom stereocenters. The summed E-state index contributed by atoms with van der Waals surface area (Å²) in [6, 6.07) is 10.1. The van der Waals surface area contributed by atoms with E-state index in [1.807, 2.05) is 31.4 Å². The number of amides is 1. The third-order valence-corrected chi connectivity index (χ3v) is 7.16. The first-order chi connectivity index (χ1) is 12.9. The van der Waals surface area contributed by atoms with Gasteiger partial charge in [-0.1, -0.05) is 6.07 Å². The minimum absolute atomic E-state index is 0.142. The van der Waals surface area contributed by atoms with Crippen LogP contribution in [-0.2, 0) is 21.2 Å². The van der Waals surface area contributed by atoms with E-state index in [2.05, 4.69) is 5.32 Å². The van der Waals surface area contributed by atoms with Gasteiger partial charge in [0.15, 0.2) is 0 Å². The molecule has 0 spiro atoms. The molecule has 1 fully saturated rings. The third kappa shape index (κ3) is 4.95. The lowest BCUT2D eigenvalue weighted by Gasteiger charge is -2.34. The van der Waals surface area contributed by atoms with Gasteiger partial charge in [0.05, 0.1) is 17.1 Å². The van der Waals surface area contributed by atoms with Crippen molar-refractivity contribution in [2.75, 3.05) is 19.6 Å². The Morgan fingerprint density at radius 3 is 2.44 bits per heavy atom. The van der Waals surface area contributed by atoms with E-state index in [4.69, 9.17) is 4.74 Å². The molecule has 1 aliphatic heterocycles. The van der Waals surface area contributed by atoms with Crippen molar-refractivity contribution in [1.82, 2.24) is 9.62 Å². The van der Waals surface area contributed by atoms with Crippen LogP contribution in [0.3, 0.4) is 0 Å². The van der Waals surface area contributed by atoms with Gasteiger partial charge in [0, 0.05) is 30.1 Å². The molecule has 1 aliphatic rings. The first kappa shape index (κ1) is 20.0. The van der Waals surface area contributed by atoms with Crippen LogP contribution in [0.1, 0.15) is 29.1 Å². The third-order valence-electron chi connectivity index (χ3n) is 4.38. The largest absolute Gasteiger partial charge is 0.373 e. The molecule has 0 bridgehead atoms. The fraction of sp³-hybridized carbons (Fsp3) is 0.421. The Kier molecular flexibility index (Phi) is 6.31. The number of sulfonamides is 1. The molecule has 1 saturated heterocycles. The smallest absolute Gasteiger partial charge is 0.251 e. The Hall–Kier alpha value is -1.74. The number of thiophene rings is 1. The van der Waals surface area contributed by atoms with Crippen LogP contribution < -0.4 is 5.32 Å². The Balaban J connectivity index is 1.62. The molecule has 0 radical (unpaired) electrons. The number of hydrogen-bond acceptors (Lipinski definition) is 5. The summed E-state index contributed by atoms with van der Waals surface area (Å²) in [4.78, 5) is 13.6. The molecule has 3 rings (SSSR count). The minimum Gasteiger partial charge on any atom is -0.373 e. The number of benzene rings is 1. The average molecular weight is 409 g/mol. The van der Waals surface area contributed by atoms with Crippen molar-refractivity contribution in [3.8, 4) is 0 Å². The highest BCUT2D eigenvalue weighted by Crippen LogP contribution is 2.21. The van der Waals surface area contributed by atoms with E-state index in [9.17, 15) is 13.2 Å². The maximum absolute atomic E-state index is 12.8. The van der Waals surface area contributed by atoms with E-state index >= 15 is 0 Å². The minimum atomic E-state index is -3.59. The summed E-state index contributed by atoms with van der Waals surface area (Å²) in [5, 5.41) is 4.87. The highest BCUT2D eigenvalue weighted by Gasteiger charge is 2.32. The number of hydrogen-bond donors (Lipinski definition) is 1. The van der Waals surface area contributed by atoms with E-state index in [0.717, 1.165) is 6.42 Å². The molecule has 27 heavy (non-hydrogen) atoms. The van der Waals surface area contributed by atoms with E-state index in [0.29, 0.717) is 25.2 Å². The summed E-state index contributed by atoms with van der Waals surface area (Å²) in [5.41, 5.74) is 0.448. The van der Waals surface area contributed by atoms with Crippen LogP contribution in [0, 0.1) is 0 Å². The molecule has 6 nitrogen and oxygen atoms in total. The maximum Gasteiger partial charge on any atom is 0.251 e. The fourth-order valence-electron chi connectivity index (χ4n) is 3.11. The zero-order valence-corrected chi connectivity index (χ0v) is 17.1. The monoisotopic (exact) mass is 408 g/mol. The normalized spacial score (nSPS) is 21.1. The van der Waals surface area contributed by atoms with Crippen molar-refractivity contribution in [2.24, 2.45) is 0 Å². The fourth-order valence-corrected chi connectivity index (χ4v) is 5.41. The number of nitrogens with zero attached hydrogens (tertiary/aromatic N) is 1. The standard InChI is InChI=1S/C19H24N2O4S2/c1-14-12-21(13-15(2)25-14)27(23,24)18-7-5-16(6-8-18)19(22)20-10-9-17-4-3-11-26-17/h3-8,11,14-15H,9-10,12-13H2,1-2H3,(H,20,22)/t14-,15-/m0/s1. The van der Waals surface area contributed by atoms with Crippen molar-refractivity contribution in [3.05, 3.63) is 52.2 Å². The lowest BCUT2D eigenvalue weighted by Crippen LogP contribution is -2.48. The van der Waals surface area contributed by atoms with Crippen molar-refractivity contribution >= 4 is 27.3 Å². The summed E-state index contributed by atoms with van der Waals surface area (Å²) in [6.07, 6.45) is 0.498. The first-order valence-electron chi connectivity index (χ1n) is 8.92. The first-order valence-corrected chi connectivity index (χ1v) is 11.2. The molecule has 1 N–H and O–H groups in total. The van der Waals surface area contributed by atoms with Crippen molar-refractivity contribution in [2.45, 2.75) is 37.4 Å². The molecule has 0 unspecified atom stereocenters. The molecule has 1 amide bonds. The van der Waals surface area contributed by atoms with Gasteiger partial charge < -0.3 is 10.1 Å². The van der Waals surface area contributed by atoms with Gasteiger partial charge in [0.25, 0.3) is 5.91 Å². The number of carbonyl (C=O) groups is 1. The van der Waals surface area contributed by atoms with Crippen molar-refractivity contribution in [1.29, 1.82) is 0 Å². The van der Waals surface area contributed by atoms with Crippen LogP contribution in [0.25, 0.3) is 0 Å². The van der Waals surface area contributed by atoms with Crippen LogP contribution >= 0.6 is 11.3 Å². The van der Waals surface area contributed by atoms with Gasteiger partial charge >= 0.3 is 0 Å². The average Bonchev–Trinajstić information content (AvgIpc) is 3.14. The van der Waals surface area contributed by atoms with Gasteiger partial charge in [-0.05, 0) is 56.0 Å². The Bertz CT molecular complexity index is 854. The van der Waals surface area contributed by atoms with Gasteiger partial charge in [-0.25, -0.2) is 8.42 Å². The summed E-state index contributed by atoms with van der Waals surface area (Å²) >= 11 is 1.66. The Morgan fingerprint density at radius 2 is 1.85 bits per heavy atom. The SMILES string of the molecule is C[C@H]1CN(S(=O)(=O)c2ccc(C(=O)NCCc3cccs3)cc2)C[C@H](C)O1. The van der Waals surface area contributed by atoms with Crippen molar-refractivity contribution in [3.63, 3.8) is 0 Å². The molecule has 8 heteroatoms. The number of ether oxygens (including phenoxy) is 1. The molecule has 146 valence electrons. The topological polar surface area (TPSA) is 75.7 Å². The second kappa shape index (κ2) is 8.52. The van der Waals surface area contributed by atoms with Crippen LogP contribution in [0.4, 0.5) is 0 Å². The number of morpholine rings is 1. The summed E-state index contributed by atoms with van der Waals surface area (Å²) < 4.78 is 32.7. The van der Waals surface area contributed by atoms with Gasteiger partial charge in [-0.15, -0.1) is 11.3 Å². The van der Waals surface area contributed by atoms with E-state index in [1.165, 1.54) is 21.3 Å². The van der Waals surface area contributed by atoms with Crippen LogP contribution in [0.15, 0.2) is 46.7 Å². The van der Waals surface area contributed by atoms with Crippen LogP contribution in [-0.4, -0.2) is 50.5 Å². The Labute approximate surface area is 164 Å². The number of rotatable bonds is 6. The lowest BCUT2D eigenvalue weighted by molar-refractivity contribution is -0.0440. The highest BCUT2D eigenvalue weighted by molar-refractivity contribution is 7.89. The zero-order chi connectivity index (χ0) is 19.4. The van der Waals surface area contributed by atoms with Gasteiger partial charge in [0.1, 0.15) is 0 Å². The quantitative estimate of drug-likeness (QED) is 0.797. The molecule has 0 saturated carbocycles. The predicted octanol–water partition coefficient (Wildman–Crippen LogP) is 2.52. The van der Waals surface area contributed by atoms with E-state index in [-0.39, 0.29) is 23.0 Å². The predicted molar refractivity (Wildman–Crippen MR) is 106 cm³/mol. The van der Waals surface area contributed by atoms with Crippen molar-refractivity contribution < 1.29 is 17.9 Å². The number of carbonyl (C=O) groups excluding carboxylic acids is 1. The number of nitrogens with one attached hydrogen (secondary N) is 1. The molecular weight excluding hydrogens is 384 g/mol.